The molecule has 2 aromatic rings. The van der Waals surface area contributed by atoms with Crippen molar-refractivity contribution in [2.45, 2.75) is 32.1 Å². The number of hydrogen-bond acceptors (Lipinski definition) is 3. The fourth-order valence-corrected chi connectivity index (χ4v) is 2.88. The number of halogens is 1. The number of anilines is 1. The lowest BCUT2D eigenvalue weighted by atomic mass is 9.90. The van der Waals surface area contributed by atoms with Gasteiger partial charge in [-0.05, 0) is 30.9 Å². The van der Waals surface area contributed by atoms with Crippen LogP contribution in [-0.2, 0) is 0 Å². The second-order valence-electron chi connectivity index (χ2n) is 5.17. The van der Waals surface area contributed by atoms with E-state index in [9.17, 15) is 0 Å². The summed E-state index contributed by atoms with van der Waals surface area (Å²) >= 11 is 3.16. The van der Waals surface area contributed by atoms with Crippen molar-refractivity contribution in [1.29, 1.82) is 0 Å². The van der Waals surface area contributed by atoms with Crippen molar-refractivity contribution in [1.82, 2.24) is 9.97 Å². The number of nitrogens with one attached hydrogen (secondary N) is 2. The molecule has 102 valence electrons. The molecule has 2 N–H and O–H groups in total. The zero-order chi connectivity index (χ0) is 13.1. The van der Waals surface area contributed by atoms with Crippen LogP contribution in [0, 0.1) is 5.92 Å². The van der Waals surface area contributed by atoms with Crippen molar-refractivity contribution >= 4 is 33.1 Å². The van der Waals surface area contributed by atoms with Crippen molar-refractivity contribution in [2.24, 2.45) is 5.92 Å². The van der Waals surface area contributed by atoms with Crippen LogP contribution in [0.15, 0.2) is 18.2 Å². The third-order valence-corrected chi connectivity index (χ3v) is 4.13. The number of hydrogen-bond donors (Lipinski definition) is 2. The van der Waals surface area contributed by atoms with Gasteiger partial charge in [0, 0.05) is 22.2 Å². The molecule has 1 aromatic heterocycles. The standard InChI is InChI=1S/C14H18BrN3O/c15-18-14-16-12-7-6-11(8-13(12)17-14)19-9-10-4-2-1-3-5-10/h6-8,10H,1-5,9H2,(H2,16,17,18). The van der Waals surface area contributed by atoms with Crippen LogP contribution in [0.2, 0.25) is 0 Å². The third kappa shape index (κ3) is 3.03. The van der Waals surface area contributed by atoms with Gasteiger partial charge < -0.3 is 9.72 Å². The Labute approximate surface area is 121 Å². The molecule has 0 amide bonds. The fourth-order valence-electron chi connectivity index (χ4n) is 2.69. The van der Waals surface area contributed by atoms with Crippen LogP contribution >= 0.6 is 16.1 Å². The number of aromatic amines is 1. The van der Waals surface area contributed by atoms with E-state index in [2.05, 4.69) is 30.5 Å². The summed E-state index contributed by atoms with van der Waals surface area (Å²) in [5, 5.41) is 0. The molecule has 0 aliphatic heterocycles. The lowest BCUT2D eigenvalue weighted by molar-refractivity contribution is 0.209. The average molecular weight is 324 g/mol. The van der Waals surface area contributed by atoms with Gasteiger partial charge in [0.05, 0.1) is 17.6 Å². The maximum absolute atomic E-state index is 5.92. The topological polar surface area (TPSA) is 49.9 Å². The molecule has 5 heteroatoms. The summed E-state index contributed by atoms with van der Waals surface area (Å²) in [5.74, 6) is 2.35. The summed E-state index contributed by atoms with van der Waals surface area (Å²) in [4.78, 5) is 7.53. The van der Waals surface area contributed by atoms with Crippen LogP contribution in [0.4, 0.5) is 5.95 Å². The molecule has 1 heterocycles. The van der Waals surface area contributed by atoms with Crippen molar-refractivity contribution in [3.05, 3.63) is 18.2 Å². The number of fused-ring (bicyclic) bond motifs is 1. The van der Waals surface area contributed by atoms with E-state index >= 15 is 0 Å². The smallest absolute Gasteiger partial charge is 0.211 e. The highest BCUT2D eigenvalue weighted by Gasteiger charge is 2.14. The Balaban J connectivity index is 1.66. The van der Waals surface area contributed by atoms with E-state index in [1.165, 1.54) is 32.1 Å². The average Bonchev–Trinajstić information content (AvgIpc) is 2.88. The van der Waals surface area contributed by atoms with E-state index < -0.39 is 0 Å². The highest BCUT2D eigenvalue weighted by atomic mass is 79.9. The summed E-state index contributed by atoms with van der Waals surface area (Å²) in [6, 6.07) is 5.99. The lowest BCUT2D eigenvalue weighted by Crippen LogP contribution is -2.15. The van der Waals surface area contributed by atoms with Gasteiger partial charge in [-0.25, -0.2) is 4.98 Å². The lowest BCUT2D eigenvalue weighted by Gasteiger charge is -2.21. The maximum atomic E-state index is 5.92. The third-order valence-electron chi connectivity index (χ3n) is 3.75. The Kier molecular flexibility index (Phi) is 3.92. The van der Waals surface area contributed by atoms with Crippen LogP contribution < -0.4 is 9.08 Å². The summed E-state index contributed by atoms with van der Waals surface area (Å²) in [7, 11) is 0. The van der Waals surface area contributed by atoms with Gasteiger partial charge in [0.2, 0.25) is 5.95 Å². The van der Waals surface area contributed by atoms with Crippen molar-refractivity contribution < 1.29 is 4.74 Å². The van der Waals surface area contributed by atoms with Crippen LogP contribution in [0.3, 0.4) is 0 Å². The monoisotopic (exact) mass is 323 g/mol. The van der Waals surface area contributed by atoms with Gasteiger partial charge in [-0.3, -0.25) is 4.34 Å². The van der Waals surface area contributed by atoms with Crippen LogP contribution in [0.5, 0.6) is 5.75 Å². The Hall–Kier alpha value is -1.23. The molecule has 1 aliphatic rings. The number of rotatable bonds is 4. The molecule has 1 saturated carbocycles. The number of aromatic nitrogens is 2. The van der Waals surface area contributed by atoms with Gasteiger partial charge in [0.25, 0.3) is 0 Å². The maximum Gasteiger partial charge on any atom is 0.211 e. The van der Waals surface area contributed by atoms with Gasteiger partial charge in [0.15, 0.2) is 0 Å². The van der Waals surface area contributed by atoms with Gasteiger partial charge in [0.1, 0.15) is 5.75 Å². The summed E-state index contributed by atoms with van der Waals surface area (Å²) in [6.45, 7) is 0.837. The van der Waals surface area contributed by atoms with E-state index in [0.29, 0.717) is 5.95 Å². The quantitative estimate of drug-likeness (QED) is 0.827. The van der Waals surface area contributed by atoms with E-state index in [0.717, 1.165) is 29.3 Å². The first-order valence-corrected chi connectivity index (χ1v) is 7.63. The van der Waals surface area contributed by atoms with E-state index in [1.54, 1.807) is 0 Å². The van der Waals surface area contributed by atoms with Crippen molar-refractivity contribution in [2.75, 3.05) is 10.9 Å². The van der Waals surface area contributed by atoms with Gasteiger partial charge >= 0.3 is 0 Å². The zero-order valence-electron chi connectivity index (χ0n) is 10.8. The Morgan fingerprint density at radius 1 is 1.32 bits per heavy atom. The molecule has 0 spiro atoms. The molecule has 3 rings (SSSR count). The van der Waals surface area contributed by atoms with Crippen LogP contribution in [0.25, 0.3) is 11.0 Å². The molecule has 0 saturated heterocycles. The number of nitrogens with zero attached hydrogens (tertiary/aromatic N) is 1. The normalized spacial score (nSPS) is 16.7. The van der Waals surface area contributed by atoms with Crippen molar-refractivity contribution in [3.8, 4) is 5.75 Å². The predicted octanol–water partition coefficient (Wildman–Crippen LogP) is 4.24. The molecule has 4 nitrogen and oxygen atoms in total. The highest BCUT2D eigenvalue weighted by Crippen LogP contribution is 2.26. The minimum absolute atomic E-state index is 0.708. The van der Waals surface area contributed by atoms with E-state index in [1.807, 2.05) is 18.2 Å². The molecule has 0 radical (unpaired) electrons. The molecular weight excluding hydrogens is 306 g/mol. The van der Waals surface area contributed by atoms with E-state index in [4.69, 9.17) is 4.74 Å². The first kappa shape index (κ1) is 12.8. The number of imidazole rings is 1. The molecular formula is C14H18BrN3O. The predicted molar refractivity (Wildman–Crippen MR) is 80.7 cm³/mol. The molecule has 1 aromatic carbocycles. The van der Waals surface area contributed by atoms with Gasteiger partial charge in [-0.2, -0.15) is 0 Å². The minimum Gasteiger partial charge on any atom is -0.493 e. The van der Waals surface area contributed by atoms with Crippen molar-refractivity contribution in [3.63, 3.8) is 0 Å². The summed E-state index contributed by atoms with van der Waals surface area (Å²) < 4.78 is 8.74. The first-order chi connectivity index (χ1) is 9.35. The molecule has 1 fully saturated rings. The second-order valence-corrected chi connectivity index (χ2v) is 5.57. The summed E-state index contributed by atoms with van der Waals surface area (Å²) in [5.41, 5.74) is 1.93. The largest absolute Gasteiger partial charge is 0.493 e. The molecule has 0 atom stereocenters. The Morgan fingerprint density at radius 2 is 2.16 bits per heavy atom. The van der Waals surface area contributed by atoms with Crippen LogP contribution in [-0.4, -0.2) is 16.6 Å². The zero-order valence-corrected chi connectivity index (χ0v) is 12.4. The first-order valence-electron chi connectivity index (χ1n) is 6.84. The van der Waals surface area contributed by atoms with E-state index in [-0.39, 0.29) is 0 Å². The number of benzene rings is 1. The highest BCUT2D eigenvalue weighted by molar-refractivity contribution is 9.10. The summed E-state index contributed by atoms with van der Waals surface area (Å²) in [6.07, 6.45) is 6.72. The fraction of sp³-hybridized carbons (Fsp3) is 0.500. The van der Waals surface area contributed by atoms with Gasteiger partial charge in [-0.15, -0.1) is 0 Å². The minimum atomic E-state index is 0.708. The number of ether oxygens (including phenoxy) is 1. The Bertz CT molecular complexity index is 549. The number of H-pyrrole nitrogens is 1. The second kappa shape index (κ2) is 5.82. The molecule has 0 unspecified atom stereocenters. The van der Waals surface area contributed by atoms with Gasteiger partial charge in [-0.1, -0.05) is 19.3 Å². The molecule has 19 heavy (non-hydrogen) atoms. The molecule has 0 bridgehead atoms. The SMILES string of the molecule is BrNc1nc2ccc(OCC3CCCCC3)cc2[nH]1. The Morgan fingerprint density at radius 3 is 2.95 bits per heavy atom. The van der Waals surface area contributed by atoms with Crippen LogP contribution in [0.1, 0.15) is 32.1 Å². The molecule has 1 aliphatic carbocycles.